The van der Waals surface area contributed by atoms with Crippen LogP contribution in [0.15, 0.2) is 24.3 Å². The lowest BCUT2D eigenvalue weighted by Crippen LogP contribution is -2.41. The van der Waals surface area contributed by atoms with Crippen LogP contribution >= 0.6 is 0 Å². The van der Waals surface area contributed by atoms with Crippen LogP contribution in [0, 0.1) is 0 Å². The Kier molecular flexibility index (Phi) is 6.98. The van der Waals surface area contributed by atoms with Gasteiger partial charge in [-0.05, 0) is 66.2 Å². The normalized spacial score (nSPS) is 19.0. The summed E-state index contributed by atoms with van der Waals surface area (Å²) < 4.78 is 17.7. The molecule has 0 bridgehead atoms. The van der Waals surface area contributed by atoms with Crippen LogP contribution < -0.4 is 4.90 Å². The van der Waals surface area contributed by atoms with Gasteiger partial charge in [-0.1, -0.05) is 12.1 Å². The molecular formula is C21H34BNO4. The summed E-state index contributed by atoms with van der Waals surface area (Å²) in [6, 6.07) is 8.35. The molecule has 0 aromatic heterocycles. The van der Waals surface area contributed by atoms with E-state index in [-0.39, 0.29) is 18.2 Å². The number of nitrogens with zero attached hydrogens (tertiary/aromatic N) is 1. The molecule has 150 valence electrons. The third kappa shape index (κ3) is 4.85. The first-order chi connectivity index (χ1) is 12.6. The van der Waals surface area contributed by atoms with Crippen LogP contribution in [0.25, 0.3) is 0 Å². The number of ether oxygens (including phenoxy) is 1. The van der Waals surface area contributed by atoms with Crippen LogP contribution in [0.4, 0.5) is 5.69 Å². The second-order valence-corrected chi connectivity index (χ2v) is 8.00. The van der Waals surface area contributed by atoms with Gasteiger partial charge in [0, 0.05) is 24.6 Å². The molecule has 1 aliphatic heterocycles. The van der Waals surface area contributed by atoms with E-state index in [1.54, 1.807) is 0 Å². The lowest BCUT2D eigenvalue weighted by Gasteiger charge is -2.32. The van der Waals surface area contributed by atoms with Crippen molar-refractivity contribution < 1.29 is 18.8 Å². The predicted molar refractivity (Wildman–Crippen MR) is 110 cm³/mol. The number of anilines is 1. The molecule has 0 saturated carbocycles. The Balaban J connectivity index is 2.29. The average molecular weight is 375 g/mol. The smallest absolute Gasteiger partial charge is 0.466 e. The van der Waals surface area contributed by atoms with Crippen LogP contribution in [0.1, 0.15) is 66.3 Å². The van der Waals surface area contributed by atoms with Crippen molar-refractivity contribution in [1.29, 1.82) is 0 Å². The minimum Gasteiger partial charge on any atom is -0.466 e. The molecule has 0 radical (unpaired) electrons. The molecule has 0 N–H and O–H groups in total. The summed E-state index contributed by atoms with van der Waals surface area (Å²) >= 11 is 0. The SMILES string of the molecule is CCOC(=O)CC(B1OC(C)(C)C(C)(C)O1)c1ccc(N(CC)CC)cc1. The van der Waals surface area contributed by atoms with E-state index in [1.807, 2.05) is 34.6 Å². The van der Waals surface area contributed by atoms with Gasteiger partial charge in [0.25, 0.3) is 0 Å². The molecule has 5 nitrogen and oxygen atoms in total. The Hall–Kier alpha value is -1.53. The van der Waals surface area contributed by atoms with Gasteiger partial charge in [-0.2, -0.15) is 0 Å². The number of benzene rings is 1. The van der Waals surface area contributed by atoms with Crippen molar-refractivity contribution in [3.05, 3.63) is 29.8 Å². The molecule has 6 heteroatoms. The van der Waals surface area contributed by atoms with E-state index in [1.165, 1.54) is 5.69 Å². The van der Waals surface area contributed by atoms with Crippen molar-refractivity contribution in [3.8, 4) is 0 Å². The first-order valence-electron chi connectivity index (χ1n) is 10.0. The number of hydrogen-bond acceptors (Lipinski definition) is 5. The number of esters is 1. The standard InChI is InChI=1S/C21H34BNO4/c1-8-23(9-2)17-13-11-16(12-14-17)18(15-19(24)25-10-3)22-26-20(4,5)21(6,7)27-22/h11-14,18H,8-10,15H2,1-7H3. The Labute approximate surface area is 164 Å². The summed E-state index contributed by atoms with van der Waals surface area (Å²) in [5.74, 6) is -0.444. The molecule has 2 rings (SSSR count). The van der Waals surface area contributed by atoms with Crippen molar-refractivity contribution >= 4 is 18.8 Å². The second-order valence-electron chi connectivity index (χ2n) is 8.00. The van der Waals surface area contributed by atoms with Gasteiger partial charge in [0.15, 0.2) is 0 Å². The van der Waals surface area contributed by atoms with Crippen LogP contribution in [0.3, 0.4) is 0 Å². The Morgan fingerprint density at radius 3 is 2.00 bits per heavy atom. The predicted octanol–water partition coefficient (Wildman–Crippen LogP) is 4.20. The fourth-order valence-electron chi connectivity index (χ4n) is 3.34. The van der Waals surface area contributed by atoms with E-state index >= 15 is 0 Å². The quantitative estimate of drug-likeness (QED) is 0.503. The van der Waals surface area contributed by atoms with Gasteiger partial charge >= 0.3 is 13.1 Å². The van der Waals surface area contributed by atoms with Gasteiger partial charge in [-0.3, -0.25) is 4.79 Å². The van der Waals surface area contributed by atoms with Crippen LogP contribution in [-0.2, 0) is 18.8 Å². The number of carbonyl (C=O) groups excluding carboxylic acids is 1. The molecule has 0 aliphatic carbocycles. The molecule has 1 atom stereocenters. The number of rotatable bonds is 8. The molecule has 1 fully saturated rings. The highest BCUT2D eigenvalue weighted by Crippen LogP contribution is 2.42. The van der Waals surface area contributed by atoms with Crippen molar-refractivity contribution in [2.24, 2.45) is 0 Å². The average Bonchev–Trinajstić information content (AvgIpc) is 2.82. The minimum atomic E-state index is -0.487. The maximum Gasteiger partial charge on any atom is 0.466 e. The molecule has 1 aromatic carbocycles. The monoisotopic (exact) mass is 375 g/mol. The van der Waals surface area contributed by atoms with E-state index in [0.717, 1.165) is 18.7 Å². The Morgan fingerprint density at radius 2 is 1.56 bits per heavy atom. The van der Waals surface area contributed by atoms with Crippen molar-refractivity contribution in [3.63, 3.8) is 0 Å². The van der Waals surface area contributed by atoms with Gasteiger partial charge in [0.2, 0.25) is 0 Å². The van der Waals surface area contributed by atoms with E-state index in [9.17, 15) is 4.79 Å². The molecule has 1 heterocycles. The van der Waals surface area contributed by atoms with E-state index in [2.05, 4.69) is 43.0 Å². The van der Waals surface area contributed by atoms with Crippen molar-refractivity contribution in [2.75, 3.05) is 24.6 Å². The molecule has 1 saturated heterocycles. The van der Waals surface area contributed by atoms with Gasteiger partial charge in [0.1, 0.15) is 0 Å². The Bertz CT molecular complexity index is 610. The fourth-order valence-corrected chi connectivity index (χ4v) is 3.34. The molecule has 1 aromatic rings. The molecule has 1 aliphatic rings. The maximum atomic E-state index is 12.2. The highest BCUT2D eigenvalue weighted by Gasteiger charge is 2.54. The Morgan fingerprint density at radius 1 is 1.04 bits per heavy atom. The summed E-state index contributed by atoms with van der Waals surface area (Å²) in [4.78, 5) is 14.5. The first kappa shape index (κ1) is 21.8. The molecule has 0 spiro atoms. The van der Waals surface area contributed by atoms with Gasteiger partial charge in [-0.15, -0.1) is 0 Å². The summed E-state index contributed by atoms with van der Waals surface area (Å²) in [7, 11) is -0.487. The number of hydrogen-bond donors (Lipinski definition) is 0. The van der Waals surface area contributed by atoms with Gasteiger partial charge in [-0.25, -0.2) is 0 Å². The highest BCUT2D eigenvalue weighted by molar-refractivity contribution is 6.48. The molecule has 27 heavy (non-hydrogen) atoms. The van der Waals surface area contributed by atoms with Crippen LogP contribution in [-0.4, -0.2) is 44.0 Å². The van der Waals surface area contributed by atoms with E-state index < -0.39 is 18.3 Å². The maximum absolute atomic E-state index is 12.2. The van der Waals surface area contributed by atoms with Crippen molar-refractivity contribution in [2.45, 2.75) is 71.9 Å². The zero-order valence-electron chi connectivity index (χ0n) is 17.9. The van der Waals surface area contributed by atoms with E-state index in [4.69, 9.17) is 14.0 Å². The highest BCUT2D eigenvalue weighted by atomic mass is 16.7. The third-order valence-corrected chi connectivity index (χ3v) is 5.74. The molecular weight excluding hydrogens is 341 g/mol. The minimum absolute atomic E-state index is 0.212. The van der Waals surface area contributed by atoms with Crippen LogP contribution in [0.5, 0.6) is 0 Å². The third-order valence-electron chi connectivity index (χ3n) is 5.74. The molecule has 0 amide bonds. The summed E-state index contributed by atoms with van der Waals surface area (Å²) in [5, 5.41) is 0. The summed E-state index contributed by atoms with van der Waals surface area (Å²) in [6.07, 6.45) is 0.231. The fraction of sp³-hybridized carbons (Fsp3) is 0.667. The lowest BCUT2D eigenvalue weighted by molar-refractivity contribution is -0.143. The summed E-state index contributed by atoms with van der Waals surface area (Å²) in [5.41, 5.74) is 1.32. The van der Waals surface area contributed by atoms with Crippen LogP contribution in [0.2, 0.25) is 0 Å². The topological polar surface area (TPSA) is 48.0 Å². The number of carbonyl (C=O) groups is 1. The lowest BCUT2D eigenvalue weighted by atomic mass is 9.66. The van der Waals surface area contributed by atoms with E-state index in [0.29, 0.717) is 6.61 Å². The van der Waals surface area contributed by atoms with Gasteiger partial charge < -0.3 is 18.9 Å². The van der Waals surface area contributed by atoms with Gasteiger partial charge in [0.05, 0.1) is 24.2 Å². The molecule has 1 unspecified atom stereocenters. The zero-order valence-corrected chi connectivity index (χ0v) is 17.9. The second kappa shape index (κ2) is 8.66. The zero-order chi connectivity index (χ0) is 20.2. The first-order valence-corrected chi connectivity index (χ1v) is 10.0. The summed E-state index contributed by atoms with van der Waals surface area (Å²) in [6.45, 7) is 16.5. The largest absolute Gasteiger partial charge is 0.466 e. The van der Waals surface area contributed by atoms with Crippen molar-refractivity contribution in [1.82, 2.24) is 0 Å².